The number of nitrogens with one attached hydrogen (secondary N) is 1. The molecule has 1 N–H and O–H groups in total. The van der Waals surface area contributed by atoms with Gasteiger partial charge in [0.15, 0.2) is 9.84 Å². The molecular weight excluding hydrogens is 389 g/mol. The maximum Gasteiger partial charge on any atom is 0.175 e. The van der Waals surface area contributed by atoms with E-state index in [-0.39, 0.29) is 16.6 Å². The second kappa shape index (κ2) is 8.93. The lowest BCUT2D eigenvalue weighted by Gasteiger charge is -2.22. The third-order valence-electron chi connectivity index (χ3n) is 5.04. The molecule has 154 valence electrons. The van der Waals surface area contributed by atoms with Gasteiger partial charge in [-0.2, -0.15) is 0 Å². The average molecular weight is 416 g/mol. The van der Waals surface area contributed by atoms with Crippen LogP contribution in [0, 0.1) is 12.7 Å². The molecule has 0 saturated heterocycles. The van der Waals surface area contributed by atoms with Crippen LogP contribution in [-0.4, -0.2) is 32.9 Å². The van der Waals surface area contributed by atoms with E-state index in [1.54, 1.807) is 24.3 Å². The summed E-state index contributed by atoms with van der Waals surface area (Å²) in [5.74, 6) is -0.447. The molecule has 3 rings (SSSR count). The highest BCUT2D eigenvalue weighted by atomic mass is 32.2. The van der Waals surface area contributed by atoms with Crippen LogP contribution >= 0.6 is 0 Å². The normalized spacial score (nSPS) is 12.8. The van der Waals surface area contributed by atoms with Crippen molar-refractivity contribution in [3.8, 4) is 11.1 Å². The Hall–Kier alpha value is -2.44. The third kappa shape index (κ3) is 4.95. The van der Waals surface area contributed by atoms with Gasteiger partial charge in [-0.15, -0.1) is 0 Å². The molecule has 0 bridgehead atoms. The Bertz CT molecular complexity index is 1060. The predicted molar refractivity (Wildman–Crippen MR) is 113 cm³/mol. The van der Waals surface area contributed by atoms with E-state index in [0.29, 0.717) is 13.2 Å². The van der Waals surface area contributed by atoms with Crippen LogP contribution in [0.15, 0.2) is 59.8 Å². The van der Waals surface area contributed by atoms with Crippen LogP contribution in [0.25, 0.3) is 11.1 Å². The zero-order chi connectivity index (χ0) is 21.0. The van der Waals surface area contributed by atoms with E-state index in [2.05, 4.69) is 4.98 Å². The lowest BCUT2D eigenvalue weighted by atomic mass is 9.86. The Morgan fingerprint density at radius 3 is 2.45 bits per heavy atom. The number of H-pyrrole nitrogens is 1. The summed E-state index contributed by atoms with van der Waals surface area (Å²) in [5, 5.41) is 0. The molecule has 1 heterocycles. The molecule has 0 saturated carbocycles. The van der Waals surface area contributed by atoms with Crippen molar-refractivity contribution in [2.24, 2.45) is 0 Å². The van der Waals surface area contributed by atoms with E-state index in [0.717, 1.165) is 34.2 Å². The maximum atomic E-state index is 13.4. The van der Waals surface area contributed by atoms with Gasteiger partial charge in [0, 0.05) is 31.2 Å². The molecule has 0 radical (unpaired) electrons. The smallest absolute Gasteiger partial charge is 0.175 e. The van der Waals surface area contributed by atoms with E-state index < -0.39 is 9.84 Å². The van der Waals surface area contributed by atoms with E-state index in [1.165, 1.54) is 18.4 Å². The first-order chi connectivity index (χ1) is 13.8. The van der Waals surface area contributed by atoms with Crippen molar-refractivity contribution in [1.29, 1.82) is 0 Å². The highest BCUT2D eigenvalue weighted by Gasteiger charge is 2.22. The molecule has 6 heteroatoms. The van der Waals surface area contributed by atoms with Gasteiger partial charge >= 0.3 is 0 Å². The minimum atomic E-state index is -3.43. The van der Waals surface area contributed by atoms with Gasteiger partial charge in [-0.3, -0.25) is 0 Å². The maximum absolute atomic E-state index is 13.4. The molecule has 3 aromatic rings. The molecule has 1 aromatic heterocycles. The van der Waals surface area contributed by atoms with Crippen LogP contribution < -0.4 is 0 Å². The van der Waals surface area contributed by atoms with Gasteiger partial charge in [0.05, 0.1) is 11.5 Å². The number of aromatic amines is 1. The summed E-state index contributed by atoms with van der Waals surface area (Å²) in [6.45, 7) is 5.10. The van der Waals surface area contributed by atoms with E-state index in [4.69, 9.17) is 4.74 Å². The number of hydrogen-bond acceptors (Lipinski definition) is 3. The molecule has 0 amide bonds. The van der Waals surface area contributed by atoms with Gasteiger partial charge in [-0.25, -0.2) is 12.8 Å². The highest BCUT2D eigenvalue weighted by molar-refractivity contribution is 7.90. The Labute approximate surface area is 171 Å². The SMILES string of the molecule is CCCOCC(c1cc[nH]c1)c1cc(S(C)(=O)=O)cc(-c2ccc(F)cc2)c1C. The van der Waals surface area contributed by atoms with Crippen molar-refractivity contribution in [2.45, 2.75) is 31.1 Å². The predicted octanol–water partition coefficient (Wildman–Crippen LogP) is 5.09. The number of ether oxygens (including phenoxy) is 1. The zero-order valence-electron chi connectivity index (χ0n) is 16.9. The van der Waals surface area contributed by atoms with Crippen LogP contribution in [0.3, 0.4) is 0 Å². The van der Waals surface area contributed by atoms with Crippen molar-refractivity contribution in [1.82, 2.24) is 4.98 Å². The molecule has 1 atom stereocenters. The molecule has 1 unspecified atom stereocenters. The topological polar surface area (TPSA) is 59.2 Å². The highest BCUT2D eigenvalue weighted by Crippen LogP contribution is 2.36. The van der Waals surface area contributed by atoms with Crippen LogP contribution in [0.2, 0.25) is 0 Å². The molecule has 29 heavy (non-hydrogen) atoms. The van der Waals surface area contributed by atoms with Crippen molar-refractivity contribution in [2.75, 3.05) is 19.5 Å². The average Bonchev–Trinajstić information content (AvgIpc) is 3.20. The number of aromatic nitrogens is 1. The molecule has 0 spiro atoms. The summed E-state index contributed by atoms with van der Waals surface area (Å²) < 4.78 is 44.1. The molecule has 0 aliphatic carbocycles. The lowest BCUT2D eigenvalue weighted by Crippen LogP contribution is -2.13. The second-order valence-corrected chi connectivity index (χ2v) is 9.25. The van der Waals surface area contributed by atoms with Gasteiger partial charge in [-0.05, 0) is 71.5 Å². The monoisotopic (exact) mass is 415 g/mol. The fourth-order valence-electron chi connectivity index (χ4n) is 3.48. The minimum absolute atomic E-state index is 0.117. The molecule has 0 fully saturated rings. The largest absolute Gasteiger partial charge is 0.380 e. The summed E-state index contributed by atoms with van der Waals surface area (Å²) in [4.78, 5) is 3.32. The van der Waals surface area contributed by atoms with Crippen LogP contribution in [0.5, 0.6) is 0 Å². The first-order valence-corrected chi connectivity index (χ1v) is 11.5. The Kier molecular flexibility index (Phi) is 6.55. The fraction of sp³-hybridized carbons (Fsp3) is 0.304. The van der Waals surface area contributed by atoms with Gasteiger partial charge in [0.1, 0.15) is 5.82 Å². The quantitative estimate of drug-likeness (QED) is 0.521. The summed E-state index contributed by atoms with van der Waals surface area (Å²) in [6, 6.07) is 11.5. The first-order valence-electron chi connectivity index (χ1n) is 9.62. The Morgan fingerprint density at radius 2 is 1.86 bits per heavy atom. The van der Waals surface area contributed by atoms with E-state index in [9.17, 15) is 12.8 Å². The van der Waals surface area contributed by atoms with Gasteiger partial charge in [-0.1, -0.05) is 19.1 Å². The lowest BCUT2D eigenvalue weighted by molar-refractivity contribution is 0.128. The summed E-state index contributed by atoms with van der Waals surface area (Å²) in [7, 11) is -3.43. The van der Waals surface area contributed by atoms with Crippen LogP contribution in [-0.2, 0) is 14.6 Å². The van der Waals surface area contributed by atoms with Crippen molar-refractivity contribution >= 4 is 9.84 Å². The summed E-state index contributed by atoms with van der Waals surface area (Å²) in [6.07, 6.45) is 5.86. The standard InChI is InChI=1S/C23H26FNO3S/c1-4-11-28-15-23(18-9-10-25-14-18)22-13-20(29(3,26)27)12-21(16(22)2)17-5-7-19(24)8-6-17/h5-10,12-14,23,25H,4,11,15H2,1-3H3. The fourth-order valence-corrected chi connectivity index (χ4v) is 4.15. The van der Waals surface area contributed by atoms with Crippen LogP contribution in [0.4, 0.5) is 4.39 Å². The molecule has 4 nitrogen and oxygen atoms in total. The number of benzene rings is 2. The van der Waals surface area contributed by atoms with Crippen molar-refractivity contribution in [3.63, 3.8) is 0 Å². The first kappa shape index (κ1) is 21.3. The second-order valence-electron chi connectivity index (χ2n) is 7.24. The number of hydrogen-bond donors (Lipinski definition) is 1. The molecule has 0 aliphatic heterocycles. The Morgan fingerprint density at radius 1 is 1.14 bits per heavy atom. The zero-order valence-corrected chi connectivity index (χ0v) is 17.7. The third-order valence-corrected chi connectivity index (χ3v) is 6.13. The summed E-state index contributed by atoms with van der Waals surface area (Å²) in [5.41, 5.74) is 4.43. The van der Waals surface area contributed by atoms with Gasteiger partial charge < -0.3 is 9.72 Å². The van der Waals surface area contributed by atoms with Crippen LogP contribution in [0.1, 0.15) is 36.0 Å². The number of rotatable bonds is 8. The van der Waals surface area contributed by atoms with Crippen molar-refractivity contribution < 1.29 is 17.5 Å². The molecule has 2 aromatic carbocycles. The van der Waals surface area contributed by atoms with E-state index >= 15 is 0 Å². The summed E-state index contributed by atoms with van der Waals surface area (Å²) >= 11 is 0. The molecular formula is C23H26FNO3S. The Balaban J connectivity index is 2.19. The number of sulfone groups is 1. The van der Waals surface area contributed by atoms with Crippen molar-refractivity contribution in [3.05, 3.63) is 77.4 Å². The van der Waals surface area contributed by atoms with E-state index in [1.807, 2.05) is 32.3 Å². The molecule has 0 aliphatic rings. The number of halogens is 1. The minimum Gasteiger partial charge on any atom is -0.380 e. The van der Waals surface area contributed by atoms with Gasteiger partial charge in [0.2, 0.25) is 0 Å². The van der Waals surface area contributed by atoms with Gasteiger partial charge in [0.25, 0.3) is 0 Å².